The van der Waals surface area contributed by atoms with Gasteiger partial charge in [-0.25, -0.2) is 4.39 Å². The van der Waals surface area contributed by atoms with Crippen molar-refractivity contribution in [2.45, 2.75) is 60.0 Å². The number of hydrogen-bond acceptors (Lipinski definition) is 2. The largest absolute Gasteiger partial charge is 0.359 e. The molecule has 0 saturated carbocycles. The summed E-state index contributed by atoms with van der Waals surface area (Å²) < 4.78 is 13.4. The molecule has 1 fully saturated rings. The summed E-state index contributed by atoms with van der Waals surface area (Å²) in [5.41, 5.74) is 9.23. The molecule has 0 radical (unpaired) electrons. The Hall–Kier alpha value is -2.52. The molecule has 1 aliphatic heterocycles. The Labute approximate surface area is 226 Å². The molecule has 1 heterocycles. The van der Waals surface area contributed by atoms with E-state index in [1.165, 1.54) is 16.7 Å². The maximum Gasteiger partial charge on any atom is 0.123 e. The minimum atomic E-state index is -0.187. The summed E-state index contributed by atoms with van der Waals surface area (Å²) in [4.78, 5) is 4.97. The van der Waals surface area contributed by atoms with Crippen LogP contribution in [0.5, 0.6) is 0 Å². The van der Waals surface area contributed by atoms with Crippen LogP contribution in [0.3, 0.4) is 0 Å². The van der Waals surface area contributed by atoms with E-state index in [9.17, 15) is 4.39 Å². The first-order valence-electron chi connectivity index (χ1n) is 13.3. The van der Waals surface area contributed by atoms with Crippen molar-refractivity contribution >= 4 is 26.0 Å². The lowest BCUT2D eigenvalue weighted by Gasteiger charge is -2.44. The molecule has 0 bridgehead atoms. The molecule has 0 aromatic heterocycles. The van der Waals surface area contributed by atoms with E-state index in [0.717, 1.165) is 66.9 Å². The van der Waals surface area contributed by atoms with Crippen LogP contribution in [0.1, 0.15) is 56.4 Å². The minimum absolute atomic E-state index is 0.187. The number of aryl methyl sites for hydroxylation is 2. The Balaban J connectivity index is 1.81. The molecule has 1 aliphatic rings. The second kappa shape index (κ2) is 13.3. The zero-order valence-electron chi connectivity index (χ0n) is 23.2. The summed E-state index contributed by atoms with van der Waals surface area (Å²) in [6, 6.07) is 11.7. The highest BCUT2D eigenvalue weighted by molar-refractivity contribution is 7.21. The van der Waals surface area contributed by atoms with Gasteiger partial charge in [0.1, 0.15) is 5.82 Å². The minimum Gasteiger partial charge on any atom is -0.359 e. The van der Waals surface area contributed by atoms with Crippen LogP contribution in [0.25, 0.3) is 6.08 Å². The summed E-state index contributed by atoms with van der Waals surface area (Å²) in [6.07, 6.45) is 6.36. The summed E-state index contributed by atoms with van der Waals surface area (Å²) in [5.74, 6) is 0.257. The zero-order chi connectivity index (χ0) is 27.1. The fourth-order valence-electron chi connectivity index (χ4n) is 5.23. The molecule has 5 heteroatoms. The van der Waals surface area contributed by atoms with Crippen molar-refractivity contribution in [3.63, 3.8) is 0 Å². The third-order valence-corrected chi connectivity index (χ3v) is 7.57. The van der Waals surface area contributed by atoms with Crippen LogP contribution >= 0.6 is 8.86 Å². The van der Waals surface area contributed by atoms with Crippen LogP contribution in [-0.2, 0) is 13.0 Å². The average molecular weight is 520 g/mol. The number of piperazine rings is 1. The molecule has 1 unspecified atom stereocenters. The van der Waals surface area contributed by atoms with Crippen molar-refractivity contribution in [1.29, 1.82) is 0 Å². The molecular weight excluding hydrogens is 476 g/mol. The molecular formula is C32H43FN3P. The van der Waals surface area contributed by atoms with Crippen molar-refractivity contribution < 1.29 is 4.39 Å². The second-order valence-electron chi connectivity index (χ2n) is 10.6. The Bertz CT molecular complexity index is 1150. The monoisotopic (exact) mass is 519 g/mol. The first-order valence-corrected chi connectivity index (χ1v) is 13.8. The van der Waals surface area contributed by atoms with E-state index in [-0.39, 0.29) is 5.82 Å². The Kier molecular flexibility index (Phi) is 10.5. The van der Waals surface area contributed by atoms with E-state index < -0.39 is 0 Å². The summed E-state index contributed by atoms with van der Waals surface area (Å²) in [5, 5.41) is 3.43. The van der Waals surface area contributed by atoms with Gasteiger partial charge in [0, 0.05) is 49.0 Å². The van der Waals surface area contributed by atoms with E-state index in [1.807, 2.05) is 19.1 Å². The lowest BCUT2D eigenvalue weighted by atomic mass is 9.91. The highest BCUT2D eigenvalue weighted by Crippen LogP contribution is 2.27. The van der Waals surface area contributed by atoms with E-state index in [2.05, 4.69) is 89.1 Å². The SMILES string of the molecule is C=C(C)C[C@@H](C)C1CN(Cc2ccc(F)cc2)CCN1C(=P)/C=C/c1cc(CC)c(C)cc1NC(=C)C. The van der Waals surface area contributed by atoms with Gasteiger partial charge in [-0.05, 0) is 92.1 Å². The number of nitrogens with zero attached hydrogens (tertiary/aromatic N) is 2. The molecule has 37 heavy (non-hydrogen) atoms. The van der Waals surface area contributed by atoms with Gasteiger partial charge in [0.05, 0.1) is 0 Å². The molecule has 0 spiro atoms. The van der Waals surface area contributed by atoms with Crippen LogP contribution in [0.15, 0.2) is 66.9 Å². The van der Waals surface area contributed by atoms with Crippen LogP contribution < -0.4 is 5.32 Å². The third kappa shape index (κ3) is 8.23. The summed E-state index contributed by atoms with van der Waals surface area (Å²) in [6.45, 7) is 22.6. The highest BCUT2D eigenvalue weighted by atomic mass is 31.0. The molecule has 1 saturated heterocycles. The lowest BCUT2D eigenvalue weighted by molar-refractivity contribution is 0.0926. The van der Waals surface area contributed by atoms with Gasteiger partial charge in [-0.1, -0.05) is 44.2 Å². The van der Waals surface area contributed by atoms with Gasteiger partial charge < -0.3 is 5.32 Å². The number of rotatable bonds is 11. The maximum absolute atomic E-state index is 13.4. The predicted octanol–water partition coefficient (Wildman–Crippen LogP) is 7.72. The van der Waals surface area contributed by atoms with Gasteiger partial charge in [0.2, 0.25) is 0 Å². The number of anilines is 1. The second-order valence-corrected chi connectivity index (χ2v) is 11.1. The van der Waals surface area contributed by atoms with Crippen LogP contribution in [0, 0.1) is 18.7 Å². The quantitative estimate of drug-likeness (QED) is 0.242. The molecule has 2 aromatic carbocycles. The van der Waals surface area contributed by atoms with Gasteiger partial charge in [-0.15, -0.1) is 15.4 Å². The number of nitrogens with one attached hydrogen (secondary N) is 1. The number of allylic oxidation sites excluding steroid dienone is 2. The van der Waals surface area contributed by atoms with Crippen LogP contribution in [0.2, 0.25) is 0 Å². The maximum atomic E-state index is 13.4. The van der Waals surface area contributed by atoms with Gasteiger partial charge >= 0.3 is 0 Å². The average Bonchev–Trinajstić information content (AvgIpc) is 2.84. The topological polar surface area (TPSA) is 18.5 Å². The number of halogens is 1. The third-order valence-electron chi connectivity index (χ3n) is 7.12. The Morgan fingerprint density at radius 1 is 1.19 bits per heavy atom. The van der Waals surface area contributed by atoms with Crippen molar-refractivity contribution in [2.24, 2.45) is 5.92 Å². The Morgan fingerprint density at radius 3 is 2.51 bits per heavy atom. The Morgan fingerprint density at radius 2 is 1.89 bits per heavy atom. The van der Waals surface area contributed by atoms with Gasteiger partial charge in [-0.3, -0.25) is 9.80 Å². The summed E-state index contributed by atoms with van der Waals surface area (Å²) >= 11 is 0. The molecule has 0 aliphatic carbocycles. The number of hydrogen-bond donors (Lipinski definition) is 1. The van der Waals surface area contributed by atoms with Crippen molar-refractivity contribution in [3.05, 3.63) is 95.0 Å². The van der Waals surface area contributed by atoms with Crippen molar-refractivity contribution in [2.75, 3.05) is 25.0 Å². The molecule has 2 atom stereocenters. The van der Waals surface area contributed by atoms with E-state index in [0.29, 0.717) is 12.0 Å². The number of benzene rings is 2. The standard InChI is InChI=1S/C32H43FN3P/c1-8-27-19-28(30(18-24(27)6)34-23(4)5)11-14-32(37)36-16-15-35(20-26-9-12-29(33)13-10-26)21-31(36)25(7)17-22(2)3/h9-14,18-19,25,31,34,37H,2,4,8,15-17,20-21H2,1,3,5-7H3/b14-11+/t25-,31?/m1/s1. The van der Waals surface area contributed by atoms with Gasteiger partial charge in [0.25, 0.3) is 0 Å². The zero-order valence-corrected chi connectivity index (χ0v) is 24.2. The van der Waals surface area contributed by atoms with Crippen molar-refractivity contribution in [3.8, 4) is 0 Å². The lowest BCUT2D eigenvalue weighted by Crippen LogP contribution is -2.56. The van der Waals surface area contributed by atoms with E-state index in [1.54, 1.807) is 12.1 Å². The molecule has 0 amide bonds. The predicted molar refractivity (Wildman–Crippen MR) is 162 cm³/mol. The summed E-state index contributed by atoms with van der Waals surface area (Å²) in [7, 11) is 3.99. The van der Waals surface area contributed by atoms with E-state index >= 15 is 0 Å². The first-order chi connectivity index (χ1) is 17.6. The molecule has 3 rings (SSSR count). The normalized spacial score (nSPS) is 17.6. The van der Waals surface area contributed by atoms with Crippen LogP contribution in [-0.4, -0.2) is 40.9 Å². The van der Waals surface area contributed by atoms with Gasteiger partial charge in [-0.2, -0.15) is 0 Å². The van der Waals surface area contributed by atoms with Crippen LogP contribution in [0.4, 0.5) is 10.1 Å². The fourth-order valence-corrected chi connectivity index (χ4v) is 5.59. The fraction of sp³-hybridized carbons (Fsp3) is 0.406. The van der Waals surface area contributed by atoms with Crippen molar-refractivity contribution in [1.82, 2.24) is 9.80 Å². The van der Waals surface area contributed by atoms with Gasteiger partial charge in [0.15, 0.2) is 0 Å². The molecule has 2 aromatic rings. The van der Waals surface area contributed by atoms with E-state index in [4.69, 9.17) is 0 Å². The smallest absolute Gasteiger partial charge is 0.123 e. The molecule has 198 valence electrons. The first kappa shape index (κ1) is 29.0. The molecule has 3 nitrogen and oxygen atoms in total. The highest BCUT2D eigenvalue weighted by Gasteiger charge is 2.32. The molecule has 1 N–H and O–H groups in total.